The first-order valence-electron chi connectivity index (χ1n) is 5.73. The number of rotatable bonds is 5. The molecule has 1 aromatic carbocycles. The molecule has 0 spiro atoms. The van der Waals surface area contributed by atoms with Gasteiger partial charge in [0, 0.05) is 24.2 Å². The van der Waals surface area contributed by atoms with Gasteiger partial charge in [0.25, 0.3) is 0 Å². The van der Waals surface area contributed by atoms with Gasteiger partial charge in [0.15, 0.2) is 0 Å². The standard InChI is InChI=1S/C13H16N2OS/c1-2-10-5-3-4-6-11(10)7-14-8-12-9-17-13(16)15-12/h3-6,9,14H,2,7-8H2,1H3,(H,15,16). The van der Waals surface area contributed by atoms with Gasteiger partial charge < -0.3 is 10.3 Å². The lowest BCUT2D eigenvalue weighted by Gasteiger charge is -2.08. The number of aromatic nitrogens is 1. The largest absolute Gasteiger partial charge is 0.315 e. The van der Waals surface area contributed by atoms with E-state index in [0.29, 0.717) is 6.54 Å². The Balaban J connectivity index is 1.91. The van der Waals surface area contributed by atoms with Crippen molar-refractivity contribution >= 4 is 11.3 Å². The Bertz CT molecular complexity index is 530. The summed E-state index contributed by atoms with van der Waals surface area (Å²) in [6.07, 6.45) is 1.05. The van der Waals surface area contributed by atoms with Crippen molar-refractivity contribution in [3.63, 3.8) is 0 Å². The van der Waals surface area contributed by atoms with Gasteiger partial charge >= 0.3 is 4.87 Å². The molecule has 2 rings (SSSR count). The lowest BCUT2D eigenvalue weighted by atomic mass is 10.1. The number of nitrogens with one attached hydrogen (secondary N) is 2. The van der Waals surface area contributed by atoms with E-state index in [-0.39, 0.29) is 4.87 Å². The number of benzene rings is 1. The third kappa shape index (κ3) is 3.28. The molecule has 90 valence electrons. The van der Waals surface area contributed by atoms with Crippen molar-refractivity contribution in [2.24, 2.45) is 0 Å². The van der Waals surface area contributed by atoms with Crippen LogP contribution < -0.4 is 10.2 Å². The highest BCUT2D eigenvalue weighted by molar-refractivity contribution is 7.07. The summed E-state index contributed by atoms with van der Waals surface area (Å²) in [4.78, 5) is 13.8. The summed E-state index contributed by atoms with van der Waals surface area (Å²) in [5.41, 5.74) is 3.65. The number of aryl methyl sites for hydroxylation is 1. The van der Waals surface area contributed by atoms with Gasteiger partial charge in [-0.3, -0.25) is 4.79 Å². The van der Waals surface area contributed by atoms with Crippen molar-refractivity contribution in [2.45, 2.75) is 26.4 Å². The Hall–Kier alpha value is -1.39. The highest BCUT2D eigenvalue weighted by Crippen LogP contribution is 2.09. The molecule has 1 heterocycles. The van der Waals surface area contributed by atoms with Gasteiger partial charge in [-0.25, -0.2) is 0 Å². The quantitative estimate of drug-likeness (QED) is 0.852. The zero-order valence-electron chi connectivity index (χ0n) is 9.82. The molecule has 0 saturated heterocycles. The van der Waals surface area contributed by atoms with Crippen molar-refractivity contribution in [3.8, 4) is 0 Å². The minimum Gasteiger partial charge on any atom is -0.315 e. The number of H-pyrrole nitrogens is 1. The fourth-order valence-corrected chi connectivity index (χ4v) is 2.39. The first-order valence-corrected chi connectivity index (χ1v) is 6.61. The van der Waals surface area contributed by atoms with Crippen molar-refractivity contribution in [1.29, 1.82) is 0 Å². The monoisotopic (exact) mass is 248 g/mol. The Morgan fingerprint density at radius 3 is 2.65 bits per heavy atom. The van der Waals surface area contributed by atoms with Crippen molar-refractivity contribution in [1.82, 2.24) is 10.3 Å². The van der Waals surface area contributed by atoms with Gasteiger partial charge in [0.2, 0.25) is 0 Å². The number of hydrogen-bond acceptors (Lipinski definition) is 3. The fourth-order valence-electron chi connectivity index (χ4n) is 1.81. The van der Waals surface area contributed by atoms with E-state index in [1.54, 1.807) is 0 Å². The summed E-state index contributed by atoms with van der Waals surface area (Å²) < 4.78 is 0. The van der Waals surface area contributed by atoms with Crippen LogP contribution in [0.2, 0.25) is 0 Å². The van der Waals surface area contributed by atoms with Gasteiger partial charge in [-0.1, -0.05) is 42.5 Å². The lowest BCUT2D eigenvalue weighted by molar-refractivity contribution is 0.677. The van der Waals surface area contributed by atoms with Crippen LogP contribution in [0, 0.1) is 0 Å². The van der Waals surface area contributed by atoms with E-state index in [9.17, 15) is 4.79 Å². The lowest BCUT2D eigenvalue weighted by Crippen LogP contribution is -2.14. The molecule has 0 aliphatic heterocycles. The highest BCUT2D eigenvalue weighted by Gasteiger charge is 2.00. The predicted molar refractivity (Wildman–Crippen MR) is 71.3 cm³/mol. The van der Waals surface area contributed by atoms with Gasteiger partial charge in [-0.05, 0) is 17.5 Å². The SMILES string of the molecule is CCc1ccccc1CNCc1csc(=O)[nH]1. The second-order valence-electron chi connectivity index (χ2n) is 3.90. The molecule has 4 heteroatoms. The van der Waals surface area contributed by atoms with Gasteiger partial charge in [0.05, 0.1) is 0 Å². The summed E-state index contributed by atoms with van der Waals surface area (Å²) in [5.74, 6) is 0. The zero-order chi connectivity index (χ0) is 12.1. The summed E-state index contributed by atoms with van der Waals surface area (Å²) in [6, 6.07) is 8.42. The third-order valence-electron chi connectivity index (χ3n) is 2.70. The van der Waals surface area contributed by atoms with Crippen LogP contribution in [-0.2, 0) is 19.5 Å². The second-order valence-corrected chi connectivity index (χ2v) is 4.74. The van der Waals surface area contributed by atoms with Crippen LogP contribution in [0.15, 0.2) is 34.4 Å². The summed E-state index contributed by atoms with van der Waals surface area (Å²) in [7, 11) is 0. The van der Waals surface area contributed by atoms with Crippen LogP contribution >= 0.6 is 11.3 Å². The molecule has 0 bridgehead atoms. The molecule has 0 radical (unpaired) electrons. The van der Waals surface area contributed by atoms with Crippen molar-refractivity contribution in [3.05, 3.63) is 56.1 Å². The Labute approximate surface area is 105 Å². The van der Waals surface area contributed by atoms with Crippen LogP contribution in [-0.4, -0.2) is 4.98 Å². The summed E-state index contributed by atoms with van der Waals surface area (Å²) in [6.45, 7) is 3.70. The van der Waals surface area contributed by atoms with Crippen LogP contribution in [0.1, 0.15) is 23.7 Å². The van der Waals surface area contributed by atoms with E-state index in [2.05, 4.69) is 41.5 Å². The van der Waals surface area contributed by atoms with Gasteiger partial charge in [-0.2, -0.15) is 0 Å². The molecule has 1 aromatic heterocycles. The molecule has 0 saturated carbocycles. The second kappa shape index (κ2) is 5.80. The molecular weight excluding hydrogens is 232 g/mol. The molecule has 0 atom stereocenters. The first kappa shape index (κ1) is 12.1. The Morgan fingerprint density at radius 1 is 1.24 bits per heavy atom. The maximum atomic E-state index is 11.0. The van der Waals surface area contributed by atoms with Gasteiger partial charge in [0.1, 0.15) is 0 Å². The third-order valence-corrected chi connectivity index (χ3v) is 3.42. The smallest absolute Gasteiger partial charge is 0.304 e. The average molecular weight is 248 g/mol. The molecule has 0 unspecified atom stereocenters. The number of aromatic amines is 1. The van der Waals surface area contributed by atoms with Gasteiger partial charge in [-0.15, -0.1) is 0 Å². The molecule has 0 fully saturated rings. The normalized spacial score (nSPS) is 10.6. The average Bonchev–Trinajstić information content (AvgIpc) is 2.76. The van der Waals surface area contributed by atoms with Crippen molar-refractivity contribution < 1.29 is 0 Å². The summed E-state index contributed by atoms with van der Waals surface area (Å²) >= 11 is 1.21. The molecule has 2 N–H and O–H groups in total. The topological polar surface area (TPSA) is 44.9 Å². The Kier molecular flexibility index (Phi) is 4.12. The zero-order valence-corrected chi connectivity index (χ0v) is 10.6. The van der Waals surface area contributed by atoms with Crippen LogP contribution in [0.4, 0.5) is 0 Å². The van der Waals surface area contributed by atoms with E-state index in [0.717, 1.165) is 18.7 Å². The number of thiazole rings is 1. The van der Waals surface area contributed by atoms with E-state index in [4.69, 9.17) is 0 Å². The summed E-state index contributed by atoms with van der Waals surface area (Å²) in [5, 5.41) is 5.20. The van der Waals surface area contributed by atoms with E-state index in [1.807, 2.05) is 5.38 Å². The molecule has 17 heavy (non-hydrogen) atoms. The minimum absolute atomic E-state index is 0.00996. The molecular formula is C13H16N2OS. The predicted octanol–water partition coefficient (Wildman–Crippen LogP) is 2.29. The minimum atomic E-state index is 0.00996. The van der Waals surface area contributed by atoms with Crippen LogP contribution in [0.3, 0.4) is 0 Å². The maximum absolute atomic E-state index is 11.0. The molecule has 0 aliphatic carbocycles. The van der Waals surface area contributed by atoms with E-state index in [1.165, 1.54) is 22.5 Å². The van der Waals surface area contributed by atoms with Crippen LogP contribution in [0.25, 0.3) is 0 Å². The number of hydrogen-bond donors (Lipinski definition) is 2. The Morgan fingerprint density at radius 2 is 2.00 bits per heavy atom. The van der Waals surface area contributed by atoms with Crippen molar-refractivity contribution in [2.75, 3.05) is 0 Å². The molecule has 3 nitrogen and oxygen atoms in total. The maximum Gasteiger partial charge on any atom is 0.304 e. The fraction of sp³-hybridized carbons (Fsp3) is 0.308. The van der Waals surface area contributed by atoms with E-state index < -0.39 is 0 Å². The van der Waals surface area contributed by atoms with E-state index >= 15 is 0 Å². The molecule has 2 aromatic rings. The molecule has 0 amide bonds. The van der Waals surface area contributed by atoms with Crippen LogP contribution in [0.5, 0.6) is 0 Å². The first-order chi connectivity index (χ1) is 8.29. The molecule has 0 aliphatic rings. The highest BCUT2D eigenvalue weighted by atomic mass is 32.1.